The number of alkyl halides is 5. The number of benzene rings is 2. The third-order valence-corrected chi connectivity index (χ3v) is 5.49. The Kier molecular flexibility index (Phi) is 9.71. The largest absolute Gasteiger partial charge is 0.477 e. The standard InChI is InChI=1S/C16H14N.C10H15F5O3/c1-2-7-14(8-3-1)13-17-12-6-10-15-9-4-5-11-16(15)17;1-2-3-4-5-6-8(11,12)10(14,15)9(13,18)7(16)17/h1-12H,13H2;18H,2-6H2,1H3,(H,16,17)/q+1;. The molecule has 0 fully saturated rings. The van der Waals surface area contributed by atoms with Crippen LogP contribution in [-0.2, 0) is 11.3 Å². The van der Waals surface area contributed by atoms with E-state index in [4.69, 9.17) is 10.2 Å². The van der Waals surface area contributed by atoms with Gasteiger partial charge in [0.2, 0.25) is 5.52 Å². The van der Waals surface area contributed by atoms with Crippen molar-refractivity contribution in [1.29, 1.82) is 0 Å². The third-order valence-electron chi connectivity index (χ3n) is 5.49. The second-order valence-electron chi connectivity index (χ2n) is 8.20. The van der Waals surface area contributed by atoms with Crippen LogP contribution in [0.3, 0.4) is 0 Å². The monoisotopic (exact) mass is 498 g/mol. The molecule has 1 unspecified atom stereocenters. The number of halogens is 5. The lowest BCUT2D eigenvalue weighted by Gasteiger charge is -2.31. The molecule has 1 aromatic heterocycles. The van der Waals surface area contributed by atoms with Crippen molar-refractivity contribution < 1.29 is 41.5 Å². The van der Waals surface area contributed by atoms with Gasteiger partial charge in [-0.2, -0.15) is 26.5 Å². The van der Waals surface area contributed by atoms with Crippen molar-refractivity contribution in [2.75, 3.05) is 0 Å². The Morgan fingerprint density at radius 3 is 2.09 bits per heavy atom. The number of carboxylic acids is 1. The van der Waals surface area contributed by atoms with Gasteiger partial charge in [0.1, 0.15) is 0 Å². The summed E-state index contributed by atoms with van der Waals surface area (Å²) in [6, 6.07) is 23.3. The molecule has 9 heteroatoms. The smallest absolute Gasteiger partial charge is 0.378 e. The average molecular weight is 499 g/mol. The molecule has 0 saturated carbocycles. The summed E-state index contributed by atoms with van der Waals surface area (Å²) < 4.78 is 67.2. The lowest BCUT2D eigenvalue weighted by Crippen LogP contribution is -2.60. The number of unbranched alkanes of at least 4 members (excludes halogenated alkanes) is 3. The molecular formula is C26H29F5NO3+. The highest BCUT2D eigenvalue weighted by Gasteiger charge is 2.73. The van der Waals surface area contributed by atoms with Crippen LogP contribution in [0.1, 0.15) is 44.6 Å². The first-order valence-electron chi connectivity index (χ1n) is 11.3. The second-order valence-corrected chi connectivity index (χ2v) is 8.20. The molecule has 2 N–H and O–H groups in total. The van der Waals surface area contributed by atoms with Crippen molar-refractivity contribution in [3.05, 3.63) is 78.5 Å². The summed E-state index contributed by atoms with van der Waals surface area (Å²) in [6.07, 6.45) is 1.89. The Morgan fingerprint density at radius 2 is 1.46 bits per heavy atom. The second kappa shape index (κ2) is 12.1. The van der Waals surface area contributed by atoms with Crippen molar-refractivity contribution in [1.82, 2.24) is 0 Å². The number of fused-ring (bicyclic) bond motifs is 1. The fourth-order valence-electron chi connectivity index (χ4n) is 3.45. The molecular weight excluding hydrogens is 469 g/mol. The molecule has 3 rings (SSSR count). The number of carbonyl (C=O) groups is 1. The van der Waals surface area contributed by atoms with Crippen LogP contribution in [0.25, 0.3) is 10.9 Å². The maximum atomic E-state index is 13.1. The molecule has 0 aliphatic heterocycles. The summed E-state index contributed by atoms with van der Waals surface area (Å²) in [5.41, 5.74) is 2.60. The number of aromatic nitrogens is 1. The quantitative estimate of drug-likeness (QED) is 0.200. The van der Waals surface area contributed by atoms with Crippen LogP contribution < -0.4 is 4.57 Å². The van der Waals surface area contributed by atoms with Gasteiger partial charge in [0, 0.05) is 29.5 Å². The minimum absolute atomic E-state index is 0.236. The van der Waals surface area contributed by atoms with Crippen LogP contribution in [-0.4, -0.2) is 33.9 Å². The lowest BCUT2D eigenvalue weighted by atomic mass is 9.98. The first kappa shape index (κ1) is 28.2. The van der Waals surface area contributed by atoms with E-state index in [0.717, 1.165) is 6.54 Å². The highest BCUT2D eigenvalue weighted by atomic mass is 19.3. The van der Waals surface area contributed by atoms with E-state index in [1.54, 1.807) is 6.92 Å². The van der Waals surface area contributed by atoms with Gasteiger partial charge >= 0.3 is 23.7 Å². The molecule has 0 saturated heterocycles. The van der Waals surface area contributed by atoms with Gasteiger partial charge < -0.3 is 10.2 Å². The van der Waals surface area contributed by atoms with Crippen molar-refractivity contribution in [2.24, 2.45) is 0 Å². The van der Waals surface area contributed by atoms with Gasteiger partial charge in [0.05, 0.1) is 0 Å². The van der Waals surface area contributed by atoms with Crippen molar-refractivity contribution in [3.63, 3.8) is 0 Å². The molecule has 1 heterocycles. The SMILES string of the molecule is CCCCCCC(F)(F)C(F)(F)C(O)(F)C(=O)O.c1ccc(C[n+]2cccc3ccccc32)cc1. The number of aliphatic hydroxyl groups is 1. The zero-order valence-electron chi connectivity index (χ0n) is 19.3. The van der Waals surface area contributed by atoms with Gasteiger partial charge in [-0.25, -0.2) is 4.79 Å². The predicted octanol–water partition coefficient (Wildman–Crippen LogP) is 6.15. The Bertz CT molecular complexity index is 1090. The minimum atomic E-state index is -5.68. The number of hydrogen-bond donors (Lipinski definition) is 2. The van der Waals surface area contributed by atoms with E-state index in [1.165, 1.54) is 16.5 Å². The maximum absolute atomic E-state index is 13.1. The molecule has 0 radical (unpaired) electrons. The third kappa shape index (κ3) is 6.97. The van der Waals surface area contributed by atoms with Crippen molar-refractivity contribution in [2.45, 2.75) is 63.3 Å². The maximum Gasteiger partial charge on any atom is 0.378 e. The Labute approximate surface area is 200 Å². The molecule has 0 spiro atoms. The van der Waals surface area contributed by atoms with Crippen molar-refractivity contribution in [3.8, 4) is 0 Å². The molecule has 1 atom stereocenters. The summed E-state index contributed by atoms with van der Waals surface area (Å²) >= 11 is 0. The van der Waals surface area contributed by atoms with Crippen molar-refractivity contribution >= 4 is 16.9 Å². The molecule has 0 aliphatic rings. The Morgan fingerprint density at radius 1 is 0.857 bits per heavy atom. The summed E-state index contributed by atoms with van der Waals surface area (Å²) in [7, 11) is 0. The number of aliphatic carboxylic acids is 1. The van der Waals surface area contributed by atoms with E-state index in [9.17, 15) is 26.7 Å². The minimum Gasteiger partial charge on any atom is -0.477 e. The Balaban J connectivity index is 0.000000247. The van der Waals surface area contributed by atoms with Crippen LogP contribution >= 0.6 is 0 Å². The van der Waals surface area contributed by atoms with Gasteiger partial charge in [-0.1, -0.05) is 68.7 Å². The topological polar surface area (TPSA) is 61.4 Å². The van der Waals surface area contributed by atoms with Gasteiger partial charge in [-0.05, 0) is 18.6 Å². The molecule has 2 aromatic carbocycles. The van der Waals surface area contributed by atoms with Gasteiger partial charge in [-0.15, -0.1) is 0 Å². The number of nitrogens with zero attached hydrogens (tertiary/aromatic N) is 1. The fraction of sp³-hybridized carbons (Fsp3) is 0.385. The zero-order valence-corrected chi connectivity index (χ0v) is 19.3. The summed E-state index contributed by atoms with van der Waals surface area (Å²) in [5, 5.41) is 17.7. The van der Waals surface area contributed by atoms with Crippen LogP contribution in [0, 0.1) is 0 Å². The molecule has 3 aromatic rings. The highest BCUT2D eigenvalue weighted by Crippen LogP contribution is 2.46. The summed E-state index contributed by atoms with van der Waals surface area (Å²) in [6.45, 7) is 2.69. The fourth-order valence-corrected chi connectivity index (χ4v) is 3.45. The van der Waals surface area contributed by atoms with E-state index in [1.807, 2.05) is 0 Å². The first-order chi connectivity index (χ1) is 16.4. The summed E-state index contributed by atoms with van der Waals surface area (Å²) in [5.74, 6) is -18.9. The van der Waals surface area contributed by atoms with Crippen LogP contribution in [0.2, 0.25) is 0 Å². The average Bonchev–Trinajstić information content (AvgIpc) is 2.83. The Hall–Kier alpha value is -3.07. The molecule has 35 heavy (non-hydrogen) atoms. The van der Waals surface area contributed by atoms with E-state index in [2.05, 4.69) is 77.5 Å². The highest BCUT2D eigenvalue weighted by molar-refractivity contribution is 5.77. The van der Waals surface area contributed by atoms with Gasteiger partial charge in [-0.3, -0.25) is 0 Å². The van der Waals surface area contributed by atoms with E-state index in [-0.39, 0.29) is 12.8 Å². The number of pyridine rings is 1. The normalized spacial score (nSPS) is 13.6. The van der Waals surface area contributed by atoms with Crippen LogP contribution in [0.5, 0.6) is 0 Å². The van der Waals surface area contributed by atoms with E-state index >= 15 is 0 Å². The van der Waals surface area contributed by atoms with E-state index < -0.39 is 30.1 Å². The lowest BCUT2D eigenvalue weighted by molar-refractivity contribution is -0.662. The number of hydrogen-bond acceptors (Lipinski definition) is 2. The molecule has 0 bridgehead atoms. The van der Waals surface area contributed by atoms with Crippen LogP contribution in [0.15, 0.2) is 72.9 Å². The molecule has 0 aliphatic carbocycles. The number of carboxylic acid groups (broad SMARTS) is 1. The predicted molar refractivity (Wildman–Crippen MR) is 122 cm³/mol. The van der Waals surface area contributed by atoms with Crippen LogP contribution in [0.4, 0.5) is 22.0 Å². The molecule has 4 nitrogen and oxygen atoms in total. The van der Waals surface area contributed by atoms with Gasteiger partial charge in [0.25, 0.3) is 0 Å². The molecule has 190 valence electrons. The number of para-hydroxylation sites is 1. The number of rotatable bonds is 10. The zero-order chi connectivity index (χ0) is 26.1. The molecule has 0 amide bonds. The van der Waals surface area contributed by atoms with E-state index in [0.29, 0.717) is 12.8 Å². The van der Waals surface area contributed by atoms with Gasteiger partial charge in [0.15, 0.2) is 12.7 Å². The first-order valence-corrected chi connectivity index (χ1v) is 11.3. The summed E-state index contributed by atoms with van der Waals surface area (Å²) in [4.78, 5) is 10.1.